The lowest BCUT2D eigenvalue weighted by molar-refractivity contribution is 0.0491. The average molecular weight is 570 g/mol. The molecule has 0 amide bonds. The lowest BCUT2D eigenvalue weighted by Gasteiger charge is -2.37. The van der Waals surface area contributed by atoms with E-state index in [1.165, 1.54) is 30.6 Å². The van der Waals surface area contributed by atoms with E-state index in [1.807, 2.05) is 11.6 Å². The summed E-state index contributed by atoms with van der Waals surface area (Å²) in [5, 5.41) is 4.22. The lowest BCUT2D eigenvalue weighted by Crippen LogP contribution is -2.42. The molecular formula is C26H30F3N3O4S2. The van der Waals surface area contributed by atoms with E-state index >= 15 is 0 Å². The quantitative estimate of drug-likeness (QED) is 0.301. The number of hydrogen-bond donors (Lipinski definition) is 2. The van der Waals surface area contributed by atoms with Crippen LogP contribution in [-0.2, 0) is 14.8 Å². The number of benzene rings is 2. The van der Waals surface area contributed by atoms with E-state index in [-0.39, 0.29) is 16.2 Å². The number of nitrogens with one attached hydrogen (secondary N) is 2. The van der Waals surface area contributed by atoms with Gasteiger partial charge in [-0.15, -0.1) is 0 Å². The zero-order chi connectivity index (χ0) is 27.7. The van der Waals surface area contributed by atoms with E-state index in [9.17, 15) is 21.6 Å². The number of methoxy groups -OCH3 is 1. The second-order valence-corrected chi connectivity index (χ2v) is 12.3. The maximum Gasteiger partial charge on any atom is 0.265 e. The fraction of sp³-hybridized carbons (Fsp3) is 0.423. The molecule has 1 aliphatic rings. The first-order chi connectivity index (χ1) is 17.9. The predicted octanol–water partition coefficient (Wildman–Crippen LogP) is 6.62. The molecule has 1 aliphatic heterocycles. The van der Waals surface area contributed by atoms with Crippen molar-refractivity contribution >= 4 is 32.2 Å². The van der Waals surface area contributed by atoms with Gasteiger partial charge in [-0.05, 0) is 69.4 Å². The first kappa shape index (κ1) is 28.2. The van der Waals surface area contributed by atoms with E-state index < -0.39 is 33.5 Å². The highest BCUT2D eigenvalue weighted by molar-refractivity contribution is 7.92. The van der Waals surface area contributed by atoms with Crippen molar-refractivity contribution in [1.29, 1.82) is 0 Å². The molecule has 1 aromatic heterocycles. The Morgan fingerprint density at radius 3 is 2.55 bits per heavy atom. The number of para-hydroxylation sites is 1. The molecule has 0 atom stereocenters. The van der Waals surface area contributed by atoms with Crippen LogP contribution in [0.15, 0.2) is 41.3 Å². The molecule has 0 bridgehead atoms. The van der Waals surface area contributed by atoms with Crippen molar-refractivity contribution < 1.29 is 31.1 Å². The Kier molecular flexibility index (Phi) is 8.24. The number of halogens is 3. The third kappa shape index (κ3) is 5.92. The van der Waals surface area contributed by atoms with Gasteiger partial charge in [0.2, 0.25) is 0 Å². The molecule has 0 saturated carbocycles. The number of anilines is 2. The largest absolute Gasteiger partial charge is 0.495 e. The number of hydrogen-bond acceptors (Lipinski definition) is 7. The summed E-state index contributed by atoms with van der Waals surface area (Å²) in [7, 11) is -3.21. The van der Waals surface area contributed by atoms with Gasteiger partial charge >= 0.3 is 0 Å². The molecule has 3 aromatic rings. The standard InChI is InChI=1S/C26H30F3N3O4S2/c1-15-23(37-25(30-15)31-26(2,3)17-10-12-36-13-11-17)16-8-9-20(35-4)21(14-16)38(33,34)32-22-18(24(28)29)6-5-7-19(22)27/h5-9,14,17,24,32H,10-13H2,1-4H3,(H,30,31). The molecule has 206 valence electrons. The van der Waals surface area contributed by atoms with Crippen molar-refractivity contribution in [2.45, 2.75) is 50.5 Å². The fourth-order valence-electron chi connectivity index (χ4n) is 4.56. The molecule has 38 heavy (non-hydrogen) atoms. The summed E-state index contributed by atoms with van der Waals surface area (Å²) < 4.78 is 80.6. The second-order valence-electron chi connectivity index (χ2n) is 9.64. The number of aryl methyl sites for hydroxylation is 1. The Labute approximate surface area is 224 Å². The third-order valence-electron chi connectivity index (χ3n) is 6.70. The zero-order valence-corrected chi connectivity index (χ0v) is 23.1. The molecule has 0 unspecified atom stereocenters. The lowest BCUT2D eigenvalue weighted by atomic mass is 9.82. The maximum atomic E-state index is 14.4. The smallest absolute Gasteiger partial charge is 0.265 e. The van der Waals surface area contributed by atoms with Gasteiger partial charge in [0.1, 0.15) is 16.5 Å². The molecule has 1 saturated heterocycles. The van der Waals surface area contributed by atoms with Crippen LogP contribution < -0.4 is 14.8 Å². The SMILES string of the molecule is COc1ccc(-c2sc(NC(C)(C)C3CCOCC3)nc2C)cc1S(=O)(=O)Nc1c(F)cccc1C(F)F. The van der Waals surface area contributed by atoms with Crippen LogP contribution in [0.2, 0.25) is 0 Å². The van der Waals surface area contributed by atoms with Crippen LogP contribution in [0, 0.1) is 18.7 Å². The third-order valence-corrected chi connectivity index (χ3v) is 9.19. The van der Waals surface area contributed by atoms with E-state index in [2.05, 4.69) is 24.1 Å². The molecule has 0 spiro atoms. The number of alkyl halides is 2. The number of thiazole rings is 1. The van der Waals surface area contributed by atoms with Crippen LogP contribution in [0.25, 0.3) is 10.4 Å². The Morgan fingerprint density at radius 2 is 1.89 bits per heavy atom. The summed E-state index contributed by atoms with van der Waals surface area (Å²) in [6.45, 7) is 7.52. The average Bonchev–Trinajstić information content (AvgIpc) is 3.24. The Bertz CT molecular complexity index is 1400. The molecule has 1 fully saturated rings. The van der Waals surface area contributed by atoms with Gasteiger partial charge in [0.05, 0.1) is 23.4 Å². The fourth-order valence-corrected chi connectivity index (χ4v) is 6.98. The number of ether oxygens (including phenoxy) is 2. The van der Waals surface area contributed by atoms with E-state index in [1.54, 1.807) is 6.07 Å². The van der Waals surface area contributed by atoms with Crippen molar-refractivity contribution in [3.63, 3.8) is 0 Å². The van der Waals surface area contributed by atoms with Crippen LogP contribution in [-0.4, -0.2) is 39.3 Å². The van der Waals surface area contributed by atoms with Crippen molar-refractivity contribution in [2.24, 2.45) is 5.92 Å². The molecule has 0 radical (unpaired) electrons. The highest BCUT2D eigenvalue weighted by atomic mass is 32.2. The van der Waals surface area contributed by atoms with E-state index in [0.29, 0.717) is 22.3 Å². The van der Waals surface area contributed by atoms with Gasteiger partial charge in [0.25, 0.3) is 16.4 Å². The van der Waals surface area contributed by atoms with Gasteiger partial charge in [-0.25, -0.2) is 26.6 Å². The molecule has 0 aliphatic carbocycles. The number of rotatable bonds is 9. The Morgan fingerprint density at radius 1 is 1.18 bits per heavy atom. The monoisotopic (exact) mass is 569 g/mol. The van der Waals surface area contributed by atoms with Gasteiger partial charge in [-0.2, -0.15) is 0 Å². The van der Waals surface area contributed by atoms with Crippen molar-refractivity contribution in [2.75, 3.05) is 30.4 Å². The summed E-state index contributed by atoms with van der Waals surface area (Å²) in [5.74, 6) is -0.718. The normalized spacial score (nSPS) is 15.1. The van der Waals surface area contributed by atoms with Gasteiger partial charge in [0, 0.05) is 24.3 Å². The Balaban J connectivity index is 1.67. The predicted molar refractivity (Wildman–Crippen MR) is 142 cm³/mol. The number of sulfonamides is 1. The second kappa shape index (κ2) is 11.1. The molecule has 7 nitrogen and oxygen atoms in total. The van der Waals surface area contributed by atoms with Gasteiger partial charge < -0.3 is 14.8 Å². The maximum absolute atomic E-state index is 14.4. The highest BCUT2D eigenvalue weighted by Crippen LogP contribution is 2.40. The molecular weight excluding hydrogens is 539 g/mol. The van der Waals surface area contributed by atoms with Crippen LogP contribution in [0.4, 0.5) is 24.0 Å². The minimum absolute atomic E-state index is 0.0163. The van der Waals surface area contributed by atoms with E-state index in [0.717, 1.165) is 49.1 Å². The minimum Gasteiger partial charge on any atom is -0.495 e. The molecule has 4 rings (SSSR count). The summed E-state index contributed by atoms with van der Waals surface area (Å²) >= 11 is 1.38. The van der Waals surface area contributed by atoms with Gasteiger partial charge in [-0.3, -0.25) is 4.72 Å². The first-order valence-corrected chi connectivity index (χ1v) is 14.3. The van der Waals surface area contributed by atoms with Crippen LogP contribution in [0.5, 0.6) is 5.75 Å². The van der Waals surface area contributed by atoms with Crippen LogP contribution in [0.3, 0.4) is 0 Å². The van der Waals surface area contributed by atoms with Crippen LogP contribution >= 0.6 is 11.3 Å². The highest BCUT2D eigenvalue weighted by Gasteiger charge is 2.32. The summed E-state index contributed by atoms with van der Waals surface area (Å²) in [6.07, 6.45) is -1.19. The molecule has 12 heteroatoms. The summed E-state index contributed by atoms with van der Waals surface area (Å²) in [4.78, 5) is 5.07. The topological polar surface area (TPSA) is 89.5 Å². The van der Waals surface area contributed by atoms with Crippen molar-refractivity contribution in [1.82, 2.24) is 4.98 Å². The van der Waals surface area contributed by atoms with Gasteiger partial charge in [0.15, 0.2) is 5.13 Å². The molecule has 2 aromatic carbocycles. The molecule has 2 heterocycles. The van der Waals surface area contributed by atoms with E-state index in [4.69, 9.17) is 9.47 Å². The first-order valence-electron chi connectivity index (χ1n) is 12.0. The molecule has 2 N–H and O–H groups in total. The van der Waals surface area contributed by atoms with Crippen LogP contribution in [0.1, 0.15) is 44.4 Å². The summed E-state index contributed by atoms with van der Waals surface area (Å²) in [6, 6.07) is 7.51. The zero-order valence-electron chi connectivity index (χ0n) is 21.5. The number of aromatic nitrogens is 1. The minimum atomic E-state index is -4.51. The van der Waals surface area contributed by atoms with Crippen molar-refractivity contribution in [3.8, 4) is 16.2 Å². The van der Waals surface area contributed by atoms with Crippen molar-refractivity contribution in [3.05, 3.63) is 53.5 Å². The van der Waals surface area contributed by atoms with Gasteiger partial charge in [-0.1, -0.05) is 23.5 Å². The number of nitrogens with zero attached hydrogens (tertiary/aromatic N) is 1. The Hall–Kier alpha value is -2.83. The summed E-state index contributed by atoms with van der Waals surface area (Å²) in [5.41, 5.74) is -0.557.